The third kappa shape index (κ3) is 4.26. The third-order valence-corrected chi connectivity index (χ3v) is 7.09. The summed E-state index contributed by atoms with van der Waals surface area (Å²) < 4.78 is 77.8. The van der Waals surface area contributed by atoms with Crippen LogP contribution >= 0.6 is 0 Å². The van der Waals surface area contributed by atoms with E-state index >= 15 is 0 Å². The molecule has 1 saturated heterocycles. The van der Waals surface area contributed by atoms with Gasteiger partial charge >= 0.3 is 6.18 Å². The maximum Gasteiger partial charge on any atom is 0.416 e. The van der Waals surface area contributed by atoms with Gasteiger partial charge in [0.2, 0.25) is 10.0 Å². The minimum absolute atomic E-state index is 0.114. The van der Waals surface area contributed by atoms with E-state index in [0.29, 0.717) is 37.8 Å². The number of halogens is 3. The van der Waals surface area contributed by atoms with Crippen LogP contribution in [0, 0.1) is 0 Å². The molecular weight excluding hydrogens is 421 g/mol. The topological polar surface area (TPSA) is 59.1 Å². The molecular formula is C20H21F3N2O4S. The second-order valence-corrected chi connectivity index (χ2v) is 9.08. The highest BCUT2D eigenvalue weighted by Gasteiger charge is 2.34. The lowest BCUT2D eigenvalue weighted by Crippen LogP contribution is -2.48. The smallest absolute Gasteiger partial charge is 0.416 e. The summed E-state index contributed by atoms with van der Waals surface area (Å²) in [4.78, 5) is 1.95. The number of fused-ring (bicyclic) bond motifs is 1. The Morgan fingerprint density at radius 1 is 0.900 bits per heavy atom. The van der Waals surface area contributed by atoms with Crippen molar-refractivity contribution in [3.63, 3.8) is 0 Å². The van der Waals surface area contributed by atoms with Crippen LogP contribution in [-0.2, 0) is 22.7 Å². The van der Waals surface area contributed by atoms with Crippen LogP contribution in [0.25, 0.3) is 0 Å². The van der Waals surface area contributed by atoms with E-state index in [0.717, 1.165) is 6.07 Å². The standard InChI is InChI=1S/C20H21F3N2O4S/c21-20(22,23)17-4-2-1-3-15(17)14-24-7-9-25(10-8-24)30(26,27)16-5-6-18-19(13-16)29-12-11-28-18/h1-6,13H,7-12,14H2. The lowest BCUT2D eigenvalue weighted by atomic mass is 10.1. The zero-order valence-electron chi connectivity index (χ0n) is 16.1. The third-order valence-electron chi connectivity index (χ3n) is 5.20. The molecule has 2 aromatic rings. The van der Waals surface area contributed by atoms with Crippen LogP contribution in [0.5, 0.6) is 11.5 Å². The highest BCUT2D eigenvalue weighted by Crippen LogP contribution is 2.34. The summed E-state index contributed by atoms with van der Waals surface area (Å²) in [6.45, 7) is 1.97. The predicted octanol–water partition coefficient (Wildman–Crippen LogP) is 2.98. The Hall–Kier alpha value is -2.30. The molecule has 2 aliphatic heterocycles. The van der Waals surface area contributed by atoms with Gasteiger partial charge in [0.05, 0.1) is 10.5 Å². The van der Waals surface area contributed by atoms with Gasteiger partial charge in [-0.1, -0.05) is 18.2 Å². The predicted molar refractivity (Wildman–Crippen MR) is 103 cm³/mol. The monoisotopic (exact) mass is 442 g/mol. The quantitative estimate of drug-likeness (QED) is 0.729. The number of benzene rings is 2. The molecule has 0 N–H and O–H groups in total. The number of hydrogen-bond acceptors (Lipinski definition) is 5. The Balaban J connectivity index is 1.44. The van der Waals surface area contributed by atoms with Crippen molar-refractivity contribution < 1.29 is 31.1 Å². The number of nitrogens with zero attached hydrogens (tertiary/aromatic N) is 2. The van der Waals surface area contributed by atoms with Gasteiger partial charge in [-0.15, -0.1) is 0 Å². The first-order valence-electron chi connectivity index (χ1n) is 9.52. The second-order valence-electron chi connectivity index (χ2n) is 7.14. The first-order chi connectivity index (χ1) is 14.2. The normalized spacial score (nSPS) is 18.4. The van der Waals surface area contributed by atoms with Crippen molar-refractivity contribution in [2.75, 3.05) is 39.4 Å². The molecule has 0 bridgehead atoms. The minimum atomic E-state index is -4.42. The molecule has 0 saturated carbocycles. The van der Waals surface area contributed by atoms with Crippen molar-refractivity contribution >= 4 is 10.0 Å². The number of ether oxygens (including phenoxy) is 2. The van der Waals surface area contributed by atoms with Crippen molar-refractivity contribution in [1.82, 2.24) is 9.21 Å². The molecule has 6 nitrogen and oxygen atoms in total. The molecule has 162 valence electrons. The van der Waals surface area contributed by atoms with E-state index in [1.165, 1.54) is 28.6 Å². The summed E-state index contributed by atoms with van der Waals surface area (Å²) in [7, 11) is -3.73. The summed E-state index contributed by atoms with van der Waals surface area (Å²) in [5.74, 6) is 0.901. The lowest BCUT2D eigenvalue weighted by Gasteiger charge is -2.34. The van der Waals surface area contributed by atoms with Crippen LogP contribution in [-0.4, -0.2) is 57.0 Å². The van der Waals surface area contributed by atoms with Crippen molar-refractivity contribution in [2.24, 2.45) is 0 Å². The van der Waals surface area contributed by atoms with Crippen molar-refractivity contribution in [3.8, 4) is 11.5 Å². The zero-order chi connectivity index (χ0) is 21.4. The van der Waals surface area contributed by atoms with Gasteiger partial charge in [0, 0.05) is 38.8 Å². The van der Waals surface area contributed by atoms with Crippen molar-refractivity contribution in [1.29, 1.82) is 0 Å². The van der Waals surface area contributed by atoms with Crippen molar-refractivity contribution in [3.05, 3.63) is 53.6 Å². The molecule has 0 aromatic heterocycles. The Morgan fingerprint density at radius 3 is 2.27 bits per heavy atom. The molecule has 2 aromatic carbocycles. The zero-order valence-corrected chi connectivity index (χ0v) is 16.9. The number of rotatable bonds is 4. The summed E-state index contributed by atoms with van der Waals surface area (Å²) in [5, 5.41) is 0. The Labute approximate surface area is 172 Å². The molecule has 0 unspecified atom stereocenters. The molecule has 0 aliphatic carbocycles. The molecule has 30 heavy (non-hydrogen) atoms. The lowest BCUT2D eigenvalue weighted by molar-refractivity contribution is -0.138. The van der Waals surface area contributed by atoms with Gasteiger partial charge in [0.25, 0.3) is 0 Å². The summed E-state index contributed by atoms with van der Waals surface area (Å²) in [5.41, 5.74) is -0.468. The van der Waals surface area contributed by atoms with Gasteiger partial charge < -0.3 is 9.47 Å². The largest absolute Gasteiger partial charge is 0.486 e. The molecule has 2 aliphatic rings. The van der Waals surface area contributed by atoms with E-state index in [2.05, 4.69) is 0 Å². The first-order valence-corrected chi connectivity index (χ1v) is 11.0. The van der Waals surface area contributed by atoms with Gasteiger partial charge in [-0.25, -0.2) is 8.42 Å². The SMILES string of the molecule is O=S(=O)(c1ccc2c(c1)OCCO2)N1CCN(Cc2ccccc2C(F)(F)F)CC1. The fraction of sp³-hybridized carbons (Fsp3) is 0.400. The number of hydrogen-bond donors (Lipinski definition) is 0. The van der Waals surface area contributed by atoms with Crippen LogP contribution < -0.4 is 9.47 Å². The number of alkyl halides is 3. The first kappa shape index (κ1) is 21.0. The summed E-state index contributed by atoms with van der Waals surface area (Å²) >= 11 is 0. The van der Waals surface area contributed by atoms with Crippen LogP contribution in [0.4, 0.5) is 13.2 Å². The van der Waals surface area contributed by atoms with E-state index in [4.69, 9.17) is 9.47 Å². The molecule has 0 radical (unpaired) electrons. The van der Waals surface area contributed by atoms with E-state index in [1.807, 2.05) is 4.90 Å². The van der Waals surface area contributed by atoms with E-state index in [9.17, 15) is 21.6 Å². The van der Waals surface area contributed by atoms with Gasteiger partial charge in [0.1, 0.15) is 13.2 Å². The van der Waals surface area contributed by atoms with Crippen LogP contribution in [0.15, 0.2) is 47.4 Å². The second kappa shape index (κ2) is 8.09. The maximum atomic E-state index is 13.2. The van der Waals surface area contributed by atoms with E-state index < -0.39 is 21.8 Å². The average molecular weight is 442 g/mol. The Bertz CT molecular complexity index is 1020. The molecule has 0 atom stereocenters. The van der Waals surface area contributed by atoms with Gasteiger partial charge in [0.15, 0.2) is 11.5 Å². The molecule has 4 rings (SSSR count). The van der Waals surface area contributed by atoms with Gasteiger partial charge in [-0.2, -0.15) is 17.5 Å². The maximum absolute atomic E-state index is 13.2. The number of piperazine rings is 1. The van der Waals surface area contributed by atoms with Crippen LogP contribution in [0.3, 0.4) is 0 Å². The van der Waals surface area contributed by atoms with Gasteiger partial charge in [-0.05, 0) is 23.8 Å². The fourth-order valence-corrected chi connectivity index (χ4v) is 5.07. The Kier molecular flexibility index (Phi) is 5.65. The molecule has 1 fully saturated rings. The van der Waals surface area contributed by atoms with Crippen LogP contribution in [0.2, 0.25) is 0 Å². The highest BCUT2D eigenvalue weighted by atomic mass is 32.2. The fourth-order valence-electron chi connectivity index (χ4n) is 3.64. The molecule has 2 heterocycles. The highest BCUT2D eigenvalue weighted by molar-refractivity contribution is 7.89. The average Bonchev–Trinajstić information content (AvgIpc) is 2.73. The molecule has 10 heteroatoms. The molecule has 0 spiro atoms. The number of sulfonamides is 1. The van der Waals surface area contributed by atoms with E-state index in [-0.39, 0.29) is 30.1 Å². The minimum Gasteiger partial charge on any atom is -0.486 e. The van der Waals surface area contributed by atoms with Gasteiger partial charge in [-0.3, -0.25) is 4.90 Å². The molecule has 0 amide bonds. The van der Waals surface area contributed by atoms with Crippen molar-refractivity contribution in [2.45, 2.75) is 17.6 Å². The Morgan fingerprint density at radius 2 is 1.57 bits per heavy atom. The summed E-state index contributed by atoms with van der Waals surface area (Å²) in [6.07, 6.45) is -4.42. The van der Waals surface area contributed by atoms with Crippen LogP contribution in [0.1, 0.15) is 11.1 Å². The summed E-state index contributed by atoms with van der Waals surface area (Å²) in [6, 6.07) is 9.98. The van der Waals surface area contributed by atoms with E-state index in [1.54, 1.807) is 12.1 Å².